The topological polar surface area (TPSA) is 125 Å². The number of aromatic hydroxyl groups is 1. The van der Waals surface area contributed by atoms with Gasteiger partial charge < -0.3 is 30.9 Å². The smallest absolute Gasteiger partial charge is 0.246 e. The first-order valence-corrected chi connectivity index (χ1v) is 12.8. The summed E-state index contributed by atoms with van der Waals surface area (Å²) in [6.07, 6.45) is 5.34. The van der Waals surface area contributed by atoms with E-state index in [9.17, 15) is 19.5 Å². The predicted molar refractivity (Wildman–Crippen MR) is 134 cm³/mol. The summed E-state index contributed by atoms with van der Waals surface area (Å²) in [4.78, 5) is 41.5. The molecule has 2 fully saturated rings. The molecule has 0 aromatic heterocycles. The first kappa shape index (κ1) is 26.9. The number of carbonyl (C=O) groups excluding carboxylic acids is 3. The molecule has 2 heterocycles. The molecule has 0 unspecified atom stereocenters. The number of quaternary nitrogens is 1. The summed E-state index contributed by atoms with van der Waals surface area (Å²) in [5.41, 5.74) is 6.29. The summed E-state index contributed by atoms with van der Waals surface area (Å²) in [6, 6.07) is 4.79. The largest absolute Gasteiger partial charge is 0.508 e. The molecular weight excluding hydrogens is 446 g/mol. The third-order valence-corrected chi connectivity index (χ3v) is 6.99. The molecule has 1 aromatic rings. The molecule has 0 aliphatic carbocycles. The minimum absolute atomic E-state index is 0.113. The van der Waals surface area contributed by atoms with Gasteiger partial charge in [-0.1, -0.05) is 18.6 Å². The highest BCUT2D eigenvalue weighted by atomic mass is 16.3. The molecule has 9 heteroatoms. The number of fused-ring (bicyclic) bond motifs is 1. The molecule has 0 spiro atoms. The van der Waals surface area contributed by atoms with Crippen LogP contribution < -0.4 is 16.4 Å². The van der Waals surface area contributed by atoms with E-state index in [1.165, 1.54) is 0 Å². The number of nitrogens with zero attached hydrogens (tertiary/aromatic N) is 2. The van der Waals surface area contributed by atoms with Crippen molar-refractivity contribution < 1.29 is 24.0 Å². The van der Waals surface area contributed by atoms with Crippen molar-refractivity contribution in [3.63, 3.8) is 0 Å². The van der Waals surface area contributed by atoms with Crippen molar-refractivity contribution in [2.24, 2.45) is 11.7 Å². The van der Waals surface area contributed by atoms with E-state index in [1.807, 2.05) is 0 Å². The number of phenolic OH excluding ortho intramolecular Hbond substituents is 1. The van der Waals surface area contributed by atoms with Crippen LogP contribution in [0.5, 0.6) is 5.75 Å². The van der Waals surface area contributed by atoms with Gasteiger partial charge in [0.15, 0.2) is 0 Å². The van der Waals surface area contributed by atoms with E-state index in [0.29, 0.717) is 19.5 Å². The quantitative estimate of drug-likeness (QED) is 0.261. The Balaban J connectivity index is 1.76. The summed E-state index contributed by atoms with van der Waals surface area (Å²) in [7, 11) is 6.40. The van der Waals surface area contributed by atoms with Gasteiger partial charge in [0.25, 0.3) is 0 Å². The zero-order chi connectivity index (χ0) is 25.6. The normalized spacial score (nSPS) is 24.3. The van der Waals surface area contributed by atoms with Crippen molar-refractivity contribution >= 4 is 17.7 Å². The van der Waals surface area contributed by atoms with Gasteiger partial charge >= 0.3 is 0 Å². The number of nitrogens with one attached hydrogen (secondary N) is 2. The Labute approximate surface area is 208 Å². The van der Waals surface area contributed by atoms with E-state index in [2.05, 4.69) is 31.8 Å². The van der Waals surface area contributed by atoms with Crippen LogP contribution in [-0.4, -0.2) is 85.1 Å². The molecule has 0 bridgehead atoms. The van der Waals surface area contributed by atoms with Crippen LogP contribution in [0.15, 0.2) is 24.3 Å². The van der Waals surface area contributed by atoms with Crippen LogP contribution >= 0.6 is 0 Å². The van der Waals surface area contributed by atoms with Gasteiger partial charge in [0.05, 0.1) is 39.6 Å². The molecule has 1 aromatic carbocycles. The lowest BCUT2D eigenvalue weighted by Crippen LogP contribution is -2.61. The van der Waals surface area contributed by atoms with Crippen LogP contribution in [0.25, 0.3) is 0 Å². The molecule has 2 aliphatic rings. The van der Waals surface area contributed by atoms with Crippen LogP contribution in [0.3, 0.4) is 0 Å². The number of rotatable bonds is 12. The van der Waals surface area contributed by atoms with E-state index in [1.54, 1.807) is 29.2 Å². The maximum atomic E-state index is 13.6. The van der Waals surface area contributed by atoms with Gasteiger partial charge in [-0.15, -0.1) is 0 Å². The molecule has 0 radical (unpaired) electrons. The second kappa shape index (κ2) is 11.9. The lowest BCUT2D eigenvalue weighted by molar-refractivity contribution is -0.870. The summed E-state index contributed by atoms with van der Waals surface area (Å²) in [5.74, 6) is -0.891. The number of amides is 3. The van der Waals surface area contributed by atoms with Crippen molar-refractivity contribution in [3.05, 3.63) is 29.8 Å². The van der Waals surface area contributed by atoms with Crippen molar-refractivity contribution in [1.82, 2.24) is 15.5 Å². The molecule has 35 heavy (non-hydrogen) atoms. The number of unbranched alkanes of at least 4 members (excludes halogenated alkanes) is 3. The van der Waals surface area contributed by atoms with Gasteiger partial charge in [0, 0.05) is 6.54 Å². The molecule has 5 N–H and O–H groups in total. The van der Waals surface area contributed by atoms with Gasteiger partial charge in [-0.25, -0.2) is 0 Å². The Bertz CT molecular complexity index is 883. The fourth-order valence-electron chi connectivity index (χ4n) is 5.14. The van der Waals surface area contributed by atoms with Crippen LogP contribution in [-0.2, 0) is 14.4 Å². The van der Waals surface area contributed by atoms with Crippen LogP contribution in [0.2, 0.25) is 0 Å². The third kappa shape index (κ3) is 6.95. The van der Waals surface area contributed by atoms with Gasteiger partial charge in [-0.2, -0.15) is 0 Å². The van der Waals surface area contributed by atoms with E-state index in [-0.39, 0.29) is 29.9 Å². The van der Waals surface area contributed by atoms with Gasteiger partial charge in [0.2, 0.25) is 17.7 Å². The second-order valence-electron chi connectivity index (χ2n) is 10.9. The highest BCUT2D eigenvalue weighted by Gasteiger charge is 2.54. The number of hydrogen-bond donors (Lipinski definition) is 4. The maximum absolute atomic E-state index is 13.6. The minimum Gasteiger partial charge on any atom is -0.508 e. The van der Waals surface area contributed by atoms with Crippen LogP contribution in [0, 0.1) is 5.92 Å². The summed E-state index contributed by atoms with van der Waals surface area (Å²) in [6.45, 7) is 2.16. The lowest BCUT2D eigenvalue weighted by atomic mass is 9.92. The van der Waals surface area contributed by atoms with E-state index in [0.717, 1.165) is 48.7 Å². The Morgan fingerprint density at radius 1 is 1.11 bits per heavy atom. The first-order valence-electron chi connectivity index (χ1n) is 12.8. The number of phenols is 1. The Hall–Kier alpha value is -2.65. The number of hydrogen-bond acceptors (Lipinski definition) is 5. The molecule has 9 nitrogen and oxygen atoms in total. The van der Waals surface area contributed by atoms with Gasteiger partial charge in [0.1, 0.15) is 17.8 Å². The highest BCUT2D eigenvalue weighted by Crippen LogP contribution is 2.43. The lowest BCUT2D eigenvalue weighted by Gasteiger charge is -2.38. The summed E-state index contributed by atoms with van der Waals surface area (Å²) >= 11 is 0. The summed E-state index contributed by atoms with van der Waals surface area (Å²) in [5, 5.41) is 15.7. The van der Waals surface area contributed by atoms with Crippen LogP contribution in [0.1, 0.15) is 56.6 Å². The number of piperazine rings is 1. The summed E-state index contributed by atoms with van der Waals surface area (Å²) < 4.78 is 0.852. The zero-order valence-electron chi connectivity index (χ0n) is 21.3. The minimum atomic E-state index is -0.670. The molecule has 2 saturated heterocycles. The second-order valence-corrected chi connectivity index (χ2v) is 10.9. The Kier molecular flexibility index (Phi) is 9.13. The average Bonchev–Trinajstić information content (AvgIpc) is 3.21. The van der Waals surface area contributed by atoms with Crippen molar-refractivity contribution in [3.8, 4) is 5.75 Å². The van der Waals surface area contributed by atoms with E-state index >= 15 is 0 Å². The molecule has 0 saturated carbocycles. The molecule has 3 amide bonds. The zero-order valence-corrected chi connectivity index (χ0v) is 21.3. The Morgan fingerprint density at radius 3 is 2.49 bits per heavy atom. The number of nitrogens with two attached hydrogens (primary N) is 1. The molecule has 194 valence electrons. The maximum Gasteiger partial charge on any atom is 0.246 e. The number of carbonyl (C=O) groups is 3. The number of benzene rings is 1. The molecule has 2 aliphatic heterocycles. The molecule has 4 atom stereocenters. The van der Waals surface area contributed by atoms with Crippen molar-refractivity contribution in [2.45, 2.75) is 63.1 Å². The molecular formula is C26H42N5O4+. The van der Waals surface area contributed by atoms with E-state index < -0.39 is 24.0 Å². The fourth-order valence-corrected chi connectivity index (χ4v) is 5.14. The average molecular weight is 489 g/mol. The fraction of sp³-hybridized carbons (Fsp3) is 0.654. The highest BCUT2D eigenvalue weighted by molar-refractivity contribution is 5.99. The Morgan fingerprint density at radius 2 is 1.83 bits per heavy atom. The third-order valence-electron chi connectivity index (χ3n) is 6.99. The monoisotopic (exact) mass is 488 g/mol. The van der Waals surface area contributed by atoms with Gasteiger partial charge in [-0.3, -0.25) is 14.4 Å². The standard InChI is InChI=1S/C26H41N5O4/c1-31(2,3)16-8-5-9-21-26(35)30-22(25(34)29-21)17-20(24(33)28-15-7-4-6-14-27)23(30)18-10-12-19(32)13-11-18/h10-13,20-23H,4-9,14-17,27H2,1-3H3,(H2-,28,29,32,33,34)/p+1/t20-,21+,22-,23-/m1/s1. The van der Waals surface area contributed by atoms with Gasteiger partial charge in [-0.05, 0) is 62.8 Å². The SMILES string of the molecule is C[N+](C)(C)CCCC[C@@H]1NC(=O)[C@H]2C[C@@H](C(=O)NCCCCCN)[C@@H](c3ccc(O)cc3)N2C1=O. The van der Waals surface area contributed by atoms with Crippen LogP contribution in [0.4, 0.5) is 0 Å². The van der Waals surface area contributed by atoms with E-state index in [4.69, 9.17) is 5.73 Å². The molecule has 3 rings (SSSR count). The van der Waals surface area contributed by atoms with Crippen molar-refractivity contribution in [1.29, 1.82) is 0 Å². The predicted octanol–water partition coefficient (Wildman–Crippen LogP) is 1.27. The van der Waals surface area contributed by atoms with Crippen molar-refractivity contribution in [2.75, 3.05) is 40.8 Å². The first-order chi connectivity index (χ1) is 16.6.